The van der Waals surface area contributed by atoms with Crippen molar-refractivity contribution in [3.8, 4) is 0 Å². The summed E-state index contributed by atoms with van der Waals surface area (Å²) in [5.74, 6) is -1.89. The van der Waals surface area contributed by atoms with Crippen LogP contribution in [0.2, 0.25) is 0 Å². The van der Waals surface area contributed by atoms with Gasteiger partial charge in [0.25, 0.3) is 0 Å². The number of aliphatic carboxylic acids is 1. The number of ether oxygens (including phenoxy) is 4. The molecular formula is C37H69N5O11. The van der Waals surface area contributed by atoms with Gasteiger partial charge in [0.1, 0.15) is 25.5 Å². The van der Waals surface area contributed by atoms with E-state index >= 15 is 0 Å². The molecule has 0 spiro atoms. The Balaban J connectivity index is 3.76. The normalized spacial score (nSPS) is 13.1. The van der Waals surface area contributed by atoms with Crippen molar-refractivity contribution in [1.82, 2.24) is 26.6 Å². The minimum Gasteiger partial charge on any atom is -0.480 e. The zero-order valence-corrected chi connectivity index (χ0v) is 32.9. The van der Waals surface area contributed by atoms with Crippen LogP contribution in [0, 0.1) is 11.3 Å². The van der Waals surface area contributed by atoms with Crippen molar-refractivity contribution in [3.05, 3.63) is 0 Å². The number of unbranched alkanes of at least 4 members (excludes halogenated alkanes) is 1. The second-order valence-electron chi connectivity index (χ2n) is 14.0. The standard InChI is InChI=1S/C37H69N5O11/c1-6-15-37(3,4)25-29(2)10-9-12-33(45)42-31(36(48)49)13-14-32(44)40-17-19-50-21-24-53-28-35(47)41-18-20-51-22-23-52-27-34(46)39-16-8-7-11-30(26-43)38-5/h26,29-31,38H,6-25,27-28H2,1-5H3,(H,39,46)(H,40,44)(H,41,47)(H,42,45)(H,48,49)/t29?,30-,31-/m0/s1. The number of aldehydes is 1. The average Bonchev–Trinajstić information content (AvgIpc) is 3.10. The van der Waals surface area contributed by atoms with Gasteiger partial charge in [-0.15, -0.1) is 0 Å². The summed E-state index contributed by atoms with van der Waals surface area (Å²) in [6, 6.07) is -1.29. The maximum absolute atomic E-state index is 12.3. The van der Waals surface area contributed by atoms with Crippen molar-refractivity contribution in [2.24, 2.45) is 11.3 Å². The van der Waals surface area contributed by atoms with Gasteiger partial charge in [-0.3, -0.25) is 19.2 Å². The molecule has 0 heterocycles. The van der Waals surface area contributed by atoms with Crippen LogP contribution >= 0.6 is 0 Å². The van der Waals surface area contributed by atoms with Gasteiger partial charge in [0.2, 0.25) is 23.6 Å². The molecule has 0 aromatic rings. The van der Waals surface area contributed by atoms with E-state index in [0.717, 1.165) is 51.2 Å². The number of carbonyl (C=O) groups is 6. The van der Waals surface area contributed by atoms with Gasteiger partial charge in [-0.2, -0.15) is 0 Å². The van der Waals surface area contributed by atoms with Crippen molar-refractivity contribution in [2.75, 3.05) is 79.5 Å². The smallest absolute Gasteiger partial charge is 0.326 e. The molecule has 1 unspecified atom stereocenters. The molecule has 4 amide bonds. The summed E-state index contributed by atoms with van der Waals surface area (Å²) in [5, 5.41) is 23.0. The molecule has 0 bridgehead atoms. The first kappa shape index (κ1) is 49.8. The first-order valence-electron chi connectivity index (χ1n) is 19.1. The molecular weight excluding hydrogens is 690 g/mol. The highest BCUT2D eigenvalue weighted by Crippen LogP contribution is 2.32. The molecule has 0 fully saturated rings. The summed E-state index contributed by atoms with van der Waals surface area (Å²) in [6.07, 6.45) is 8.35. The third-order valence-corrected chi connectivity index (χ3v) is 8.37. The molecule has 0 aromatic carbocycles. The van der Waals surface area contributed by atoms with Crippen molar-refractivity contribution in [2.45, 2.75) is 110 Å². The van der Waals surface area contributed by atoms with Crippen molar-refractivity contribution < 1.29 is 52.8 Å². The zero-order chi connectivity index (χ0) is 39.7. The van der Waals surface area contributed by atoms with Gasteiger partial charge >= 0.3 is 5.97 Å². The minimum atomic E-state index is -1.17. The highest BCUT2D eigenvalue weighted by Gasteiger charge is 2.22. The molecule has 0 saturated carbocycles. The third kappa shape index (κ3) is 30.9. The van der Waals surface area contributed by atoms with E-state index in [-0.39, 0.29) is 120 Å². The molecule has 0 aliphatic heterocycles. The Hall–Kier alpha value is -3.18. The molecule has 0 aliphatic carbocycles. The summed E-state index contributed by atoms with van der Waals surface area (Å²) < 4.78 is 21.3. The Kier molecular flexibility index (Phi) is 30.3. The van der Waals surface area contributed by atoms with E-state index in [4.69, 9.17) is 18.9 Å². The molecule has 16 nitrogen and oxygen atoms in total. The molecule has 0 radical (unpaired) electrons. The van der Waals surface area contributed by atoms with E-state index in [1.54, 1.807) is 7.05 Å². The maximum Gasteiger partial charge on any atom is 0.326 e. The van der Waals surface area contributed by atoms with E-state index in [1.165, 1.54) is 0 Å². The fourth-order valence-corrected chi connectivity index (χ4v) is 5.72. The molecule has 16 heteroatoms. The highest BCUT2D eigenvalue weighted by molar-refractivity contribution is 5.84. The summed E-state index contributed by atoms with van der Waals surface area (Å²) in [6.45, 7) is 11.1. The Bertz CT molecular complexity index is 1030. The Morgan fingerprint density at radius 2 is 1.26 bits per heavy atom. The van der Waals surface area contributed by atoms with Gasteiger partial charge in [0.15, 0.2) is 0 Å². The van der Waals surface area contributed by atoms with Crippen LogP contribution in [0.1, 0.15) is 98.3 Å². The van der Waals surface area contributed by atoms with Crippen LogP contribution in [0.5, 0.6) is 0 Å². The average molecular weight is 760 g/mol. The monoisotopic (exact) mass is 759 g/mol. The number of carbonyl (C=O) groups excluding carboxylic acids is 5. The Morgan fingerprint density at radius 1 is 0.698 bits per heavy atom. The molecule has 0 aliphatic rings. The van der Waals surface area contributed by atoms with Gasteiger partial charge in [-0.1, -0.05) is 40.5 Å². The molecule has 0 aromatic heterocycles. The SMILES string of the molecule is CCCC(C)(C)CC(C)CCCC(=O)N[C@@H](CCC(=O)NCCOCCOCC(=O)NCCOCCOCC(=O)NCCCC[C@@H](C=O)NC)C(=O)O. The van der Waals surface area contributed by atoms with Crippen molar-refractivity contribution in [3.63, 3.8) is 0 Å². The number of hydrogen-bond acceptors (Lipinski definition) is 11. The van der Waals surface area contributed by atoms with Crippen LogP contribution in [0.25, 0.3) is 0 Å². The molecule has 6 N–H and O–H groups in total. The number of nitrogens with one attached hydrogen (secondary N) is 5. The van der Waals surface area contributed by atoms with Crippen LogP contribution in [0.3, 0.4) is 0 Å². The quantitative estimate of drug-likeness (QED) is 0.0398. The Morgan fingerprint density at radius 3 is 1.81 bits per heavy atom. The number of carboxylic acid groups (broad SMARTS) is 1. The second-order valence-corrected chi connectivity index (χ2v) is 14.0. The number of likely N-dealkylation sites (N-methyl/N-ethyl adjacent to an activating group) is 1. The summed E-state index contributed by atoms with van der Waals surface area (Å²) in [4.78, 5) is 70.5. The molecule has 3 atom stereocenters. The van der Waals surface area contributed by atoms with Crippen LogP contribution in [0.4, 0.5) is 0 Å². The van der Waals surface area contributed by atoms with E-state index < -0.39 is 12.0 Å². The van der Waals surface area contributed by atoms with Crippen LogP contribution in [0.15, 0.2) is 0 Å². The predicted octanol–water partition coefficient (Wildman–Crippen LogP) is 1.73. The fourth-order valence-electron chi connectivity index (χ4n) is 5.72. The number of rotatable bonds is 36. The van der Waals surface area contributed by atoms with Crippen LogP contribution in [-0.4, -0.2) is 133 Å². The van der Waals surface area contributed by atoms with Crippen LogP contribution < -0.4 is 26.6 Å². The van der Waals surface area contributed by atoms with E-state index in [1.807, 2.05) is 0 Å². The van der Waals surface area contributed by atoms with Gasteiger partial charge in [-0.05, 0) is 63.3 Å². The topological polar surface area (TPSA) is 220 Å². The Labute approximate surface area is 316 Å². The minimum absolute atomic E-state index is 0.0169. The van der Waals surface area contributed by atoms with Gasteiger partial charge in [-0.25, -0.2) is 4.79 Å². The lowest BCUT2D eigenvalue weighted by molar-refractivity contribution is -0.142. The summed E-state index contributed by atoms with van der Waals surface area (Å²) in [5.41, 5.74) is 0.270. The van der Waals surface area contributed by atoms with Gasteiger partial charge in [0, 0.05) is 32.5 Å². The highest BCUT2D eigenvalue weighted by atomic mass is 16.5. The molecule has 308 valence electrons. The number of carboxylic acids is 1. The molecule has 0 saturated heterocycles. The largest absolute Gasteiger partial charge is 0.480 e. The lowest BCUT2D eigenvalue weighted by atomic mass is 9.78. The third-order valence-electron chi connectivity index (χ3n) is 8.37. The lowest BCUT2D eigenvalue weighted by Crippen LogP contribution is -2.41. The van der Waals surface area contributed by atoms with E-state index in [9.17, 15) is 33.9 Å². The zero-order valence-electron chi connectivity index (χ0n) is 32.9. The van der Waals surface area contributed by atoms with E-state index in [2.05, 4.69) is 54.3 Å². The van der Waals surface area contributed by atoms with Crippen molar-refractivity contribution in [1.29, 1.82) is 0 Å². The first-order valence-corrected chi connectivity index (χ1v) is 19.1. The summed E-state index contributed by atoms with van der Waals surface area (Å²) in [7, 11) is 1.74. The van der Waals surface area contributed by atoms with Crippen molar-refractivity contribution >= 4 is 35.9 Å². The summed E-state index contributed by atoms with van der Waals surface area (Å²) >= 11 is 0. The number of amides is 4. The predicted molar refractivity (Wildman–Crippen MR) is 200 cm³/mol. The molecule has 0 rings (SSSR count). The van der Waals surface area contributed by atoms with Gasteiger partial charge in [0.05, 0.1) is 45.7 Å². The van der Waals surface area contributed by atoms with Gasteiger partial charge < -0.3 is 55.4 Å². The first-order chi connectivity index (χ1) is 25.3. The number of hydrogen-bond donors (Lipinski definition) is 6. The fraction of sp³-hybridized carbons (Fsp3) is 0.838. The lowest BCUT2D eigenvalue weighted by Gasteiger charge is -2.27. The van der Waals surface area contributed by atoms with E-state index in [0.29, 0.717) is 18.9 Å². The second kappa shape index (κ2) is 32.3. The molecule has 53 heavy (non-hydrogen) atoms. The van der Waals surface area contributed by atoms with Crippen LogP contribution in [-0.2, 0) is 47.7 Å². The maximum atomic E-state index is 12.3.